The Morgan fingerprint density at radius 3 is 2.67 bits per heavy atom. The lowest BCUT2D eigenvalue weighted by Gasteiger charge is -2.08. The van der Waals surface area contributed by atoms with Crippen molar-refractivity contribution in [2.75, 3.05) is 13.7 Å². The predicted molar refractivity (Wildman–Crippen MR) is 83.6 cm³/mol. The highest BCUT2D eigenvalue weighted by molar-refractivity contribution is 5.28. The highest BCUT2D eigenvalue weighted by atomic mass is 16.5. The van der Waals surface area contributed by atoms with Crippen molar-refractivity contribution in [1.29, 1.82) is 0 Å². The van der Waals surface area contributed by atoms with Crippen molar-refractivity contribution in [2.24, 2.45) is 0 Å². The minimum absolute atomic E-state index is 0.638. The zero-order chi connectivity index (χ0) is 14.9. The number of rotatable bonds is 8. The first-order chi connectivity index (χ1) is 10.3. The average molecular weight is 286 g/mol. The van der Waals surface area contributed by atoms with E-state index in [0.29, 0.717) is 5.88 Å². The number of nitrogens with zero attached hydrogens (tertiary/aromatic N) is 1. The van der Waals surface area contributed by atoms with E-state index in [-0.39, 0.29) is 0 Å². The van der Waals surface area contributed by atoms with E-state index in [1.807, 2.05) is 30.5 Å². The molecule has 0 unspecified atom stereocenters. The Kier molecular flexibility index (Phi) is 6.03. The molecule has 0 fully saturated rings. The van der Waals surface area contributed by atoms with Crippen molar-refractivity contribution in [3.8, 4) is 11.6 Å². The van der Waals surface area contributed by atoms with Crippen molar-refractivity contribution in [3.05, 3.63) is 53.7 Å². The second kappa shape index (κ2) is 8.27. The van der Waals surface area contributed by atoms with Gasteiger partial charge in [0, 0.05) is 25.4 Å². The molecule has 0 radical (unpaired) electrons. The summed E-state index contributed by atoms with van der Waals surface area (Å²) >= 11 is 0. The van der Waals surface area contributed by atoms with E-state index >= 15 is 0 Å². The predicted octanol–water partition coefficient (Wildman–Crippen LogP) is 3.17. The van der Waals surface area contributed by atoms with Gasteiger partial charge in [0.25, 0.3) is 0 Å². The molecule has 0 aliphatic carbocycles. The molecule has 0 saturated heterocycles. The molecule has 0 spiro atoms. The molecule has 0 amide bonds. The summed E-state index contributed by atoms with van der Waals surface area (Å²) in [6.07, 6.45) is 2.85. The summed E-state index contributed by atoms with van der Waals surface area (Å²) < 4.78 is 10.7. The number of aromatic nitrogens is 1. The van der Waals surface area contributed by atoms with E-state index < -0.39 is 0 Å². The van der Waals surface area contributed by atoms with E-state index in [9.17, 15) is 0 Å². The third-order valence-corrected chi connectivity index (χ3v) is 3.04. The highest BCUT2D eigenvalue weighted by Crippen LogP contribution is 2.13. The topological polar surface area (TPSA) is 43.4 Å². The molecule has 112 valence electrons. The van der Waals surface area contributed by atoms with Gasteiger partial charge in [-0.05, 0) is 29.7 Å². The van der Waals surface area contributed by atoms with Crippen LogP contribution in [-0.4, -0.2) is 18.7 Å². The van der Waals surface area contributed by atoms with E-state index in [4.69, 9.17) is 9.47 Å². The molecule has 0 saturated carbocycles. The zero-order valence-electron chi connectivity index (χ0n) is 12.6. The molecule has 4 heteroatoms. The lowest BCUT2D eigenvalue weighted by molar-refractivity contribution is 0.317. The van der Waals surface area contributed by atoms with Gasteiger partial charge < -0.3 is 14.8 Å². The third kappa shape index (κ3) is 5.08. The Bertz CT molecular complexity index is 541. The minimum atomic E-state index is 0.638. The van der Waals surface area contributed by atoms with Gasteiger partial charge in [-0.3, -0.25) is 0 Å². The molecule has 1 N–H and O–H groups in total. The molecule has 1 heterocycles. The summed E-state index contributed by atoms with van der Waals surface area (Å²) in [7, 11) is 1.62. The molecule has 2 aromatic rings. The van der Waals surface area contributed by atoms with Crippen LogP contribution in [-0.2, 0) is 13.1 Å². The number of benzene rings is 1. The van der Waals surface area contributed by atoms with Crippen LogP contribution in [0.5, 0.6) is 11.6 Å². The fraction of sp³-hybridized carbons (Fsp3) is 0.353. The monoisotopic (exact) mass is 286 g/mol. The van der Waals surface area contributed by atoms with Gasteiger partial charge >= 0.3 is 0 Å². The van der Waals surface area contributed by atoms with E-state index in [2.05, 4.69) is 29.4 Å². The molecule has 0 aliphatic rings. The van der Waals surface area contributed by atoms with Crippen molar-refractivity contribution >= 4 is 0 Å². The van der Waals surface area contributed by atoms with Crippen molar-refractivity contribution < 1.29 is 9.47 Å². The van der Waals surface area contributed by atoms with Gasteiger partial charge in [-0.25, -0.2) is 4.98 Å². The van der Waals surface area contributed by atoms with Crippen molar-refractivity contribution in [1.82, 2.24) is 10.3 Å². The highest BCUT2D eigenvalue weighted by Gasteiger charge is 1.99. The second-order valence-electron chi connectivity index (χ2n) is 4.81. The van der Waals surface area contributed by atoms with Crippen LogP contribution in [0.2, 0.25) is 0 Å². The lowest BCUT2D eigenvalue weighted by Crippen LogP contribution is -2.13. The quantitative estimate of drug-likeness (QED) is 0.809. The van der Waals surface area contributed by atoms with Gasteiger partial charge in [0.15, 0.2) is 0 Å². The maximum atomic E-state index is 5.63. The maximum absolute atomic E-state index is 5.63. The maximum Gasteiger partial charge on any atom is 0.212 e. The summed E-state index contributed by atoms with van der Waals surface area (Å²) in [4.78, 5) is 4.19. The largest absolute Gasteiger partial charge is 0.494 e. The van der Waals surface area contributed by atoms with Gasteiger partial charge in [0.1, 0.15) is 5.75 Å². The van der Waals surface area contributed by atoms with Crippen LogP contribution >= 0.6 is 0 Å². The van der Waals surface area contributed by atoms with Crippen molar-refractivity contribution in [3.63, 3.8) is 0 Å². The van der Waals surface area contributed by atoms with Crippen LogP contribution in [0.15, 0.2) is 42.6 Å². The molecule has 0 bridgehead atoms. The molecule has 0 atom stereocenters. The van der Waals surface area contributed by atoms with Gasteiger partial charge in [-0.1, -0.05) is 25.1 Å². The summed E-state index contributed by atoms with van der Waals surface area (Å²) in [6, 6.07) is 12.1. The zero-order valence-corrected chi connectivity index (χ0v) is 12.6. The average Bonchev–Trinajstić information content (AvgIpc) is 2.54. The number of hydrogen-bond acceptors (Lipinski definition) is 4. The van der Waals surface area contributed by atoms with Crippen LogP contribution in [0.25, 0.3) is 0 Å². The number of methoxy groups -OCH3 is 1. The first-order valence-electron chi connectivity index (χ1n) is 7.23. The molecule has 2 rings (SSSR count). The number of nitrogens with one attached hydrogen (secondary N) is 1. The number of pyridine rings is 1. The first kappa shape index (κ1) is 15.3. The van der Waals surface area contributed by atoms with E-state index in [0.717, 1.165) is 37.4 Å². The third-order valence-electron chi connectivity index (χ3n) is 3.04. The summed E-state index contributed by atoms with van der Waals surface area (Å²) in [5.74, 6) is 1.57. The summed E-state index contributed by atoms with van der Waals surface area (Å²) in [6.45, 7) is 4.44. The Hall–Kier alpha value is -2.07. The minimum Gasteiger partial charge on any atom is -0.494 e. The molecule has 4 nitrogen and oxygen atoms in total. The van der Waals surface area contributed by atoms with Crippen molar-refractivity contribution in [2.45, 2.75) is 26.4 Å². The Labute approximate surface area is 126 Å². The summed E-state index contributed by atoms with van der Waals surface area (Å²) in [5.41, 5.74) is 2.35. The Morgan fingerprint density at radius 1 is 1.10 bits per heavy atom. The van der Waals surface area contributed by atoms with Gasteiger partial charge in [-0.2, -0.15) is 0 Å². The van der Waals surface area contributed by atoms with Crippen LogP contribution in [0.4, 0.5) is 0 Å². The fourth-order valence-electron chi connectivity index (χ4n) is 1.95. The lowest BCUT2D eigenvalue weighted by atomic mass is 10.2. The molecule has 0 aliphatic heterocycles. The molecule has 1 aromatic carbocycles. The molecular weight excluding hydrogens is 264 g/mol. The van der Waals surface area contributed by atoms with Gasteiger partial charge in [0.05, 0.1) is 13.7 Å². The molecular formula is C17H22N2O2. The van der Waals surface area contributed by atoms with Crippen LogP contribution in [0, 0.1) is 0 Å². The van der Waals surface area contributed by atoms with Gasteiger partial charge in [-0.15, -0.1) is 0 Å². The Balaban J connectivity index is 1.82. The smallest absolute Gasteiger partial charge is 0.212 e. The second-order valence-corrected chi connectivity index (χ2v) is 4.81. The number of ether oxygens (including phenoxy) is 2. The summed E-state index contributed by atoms with van der Waals surface area (Å²) in [5, 5.41) is 3.40. The van der Waals surface area contributed by atoms with E-state index in [1.54, 1.807) is 7.11 Å². The van der Waals surface area contributed by atoms with Crippen LogP contribution in [0.1, 0.15) is 24.5 Å². The fourth-order valence-corrected chi connectivity index (χ4v) is 1.95. The standard InChI is InChI=1S/C17H22N2O2/c1-3-9-21-16-6-4-5-14(10-16)11-18-12-15-7-8-17(20-2)19-13-15/h4-8,10,13,18H,3,9,11-12H2,1-2H3. The SMILES string of the molecule is CCCOc1cccc(CNCc2ccc(OC)nc2)c1. The van der Waals surface area contributed by atoms with Crippen LogP contribution < -0.4 is 14.8 Å². The van der Waals surface area contributed by atoms with Crippen LogP contribution in [0.3, 0.4) is 0 Å². The molecule has 1 aromatic heterocycles. The Morgan fingerprint density at radius 2 is 1.95 bits per heavy atom. The van der Waals surface area contributed by atoms with Gasteiger partial charge in [0.2, 0.25) is 5.88 Å². The van der Waals surface area contributed by atoms with E-state index in [1.165, 1.54) is 5.56 Å². The first-order valence-corrected chi connectivity index (χ1v) is 7.23. The normalized spacial score (nSPS) is 10.4. The number of hydrogen-bond donors (Lipinski definition) is 1. The molecule has 21 heavy (non-hydrogen) atoms.